The molecule has 6 heteroatoms. The van der Waals surface area contributed by atoms with E-state index in [-0.39, 0.29) is 0 Å². The fourth-order valence-electron chi connectivity index (χ4n) is 4.10. The second-order valence-corrected chi connectivity index (χ2v) is 9.76. The van der Waals surface area contributed by atoms with Gasteiger partial charge in [0.1, 0.15) is 18.4 Å². The fraction of sp³-hybridized carbons (Fsp3) is 0.290. The maximum absolute atomic E-state index is 9.90. The first kappa shape index (κ1) is 28.0. The van der Waals surface area contributed by atoms with Gasteiger partial charge in [-0.15, -0.1) is 0 Å². The summed E-state index contributed by atoms with van der Waals surface area (Å²) in [6.07, 6.45) is 5.56. The van der Waals surface area contributed by atoms with Crippen LogP contribution >= 0.6 is 11.6 Å². The molecular weight excluding hydrogens is 480 g/mol. The minimum atomic E-state index is 0.332. The summed E-state index contributed by atoms with van der Waals surface area (Å²) in [5, 5.41) is 15.6. The number of hydrogen-bond acceptors (Lipinski definition) is 5. The molecule has 1 N–H and O–H groups in total. The third kappa shape index (κ3) is 7.45. The molecule has 0 spiro atoms. The topological polar surface area (TPSA) is 61.2 Å². The number of hydrogen-bond donors (Lipinski definition) is 1. The molecule has 3 rings (SSSR count). The van der Waals surface area contributed by atoms with Crippen molar-refractivity contribution >= 4 is 29.6 Å². The monoisotopic (exact) mass is 514 g/mol. The molecule has 37 heavy (non-hydrogen) atoms. The molecule has 192 valence electrons. The van der Waals surface area contributed by atoms with Gasteiger partial charge in [0.25, 0.3) is 0 Å². The fourth-order valence-corrected chi connectivity index (χ4v) is 4.34. The largest absolute Gasteiger partial charge is 0.486 e. The number of benzene rings is 2. The van der Waals surface area contributed by atoms with Crippen molar-refractivity contribution in [1.82, 2.24) is 9.88 Å². The van der Waals surface area contributed by atoms with Gasteiger partial charge in [-0.2, -0.15) is 5.26 Å². The van der Waals surface area contributed by atoms with E-state index in [0.29, 0.717) is 28.6 Å². The average molecular weight is 515 g/mol. The molecule has 0 aliphatic rings. The van der Waals surface area contributed by atoms with Crippen LogP contribution in [0.2, 0.25) is 5.02 Å². The van der Waals surface area contributed by atoms with Crippen LogP contribution in [0.1, 0.15) is 35.7 Å². The zero-order valence-electron chi connectivity index (χ0n) is 22.4. The first-order chi connectivity index (χ1) is 17.7. The minimum absolute atomic E-state index is 0.332. The number of allylic oxidation sites excluding steroid dienone is 1. The quantitative estimate of drug-likeness (QED) is 0.361. The number of ether oxygens (including phenoxy) is 1. The summed E-state index contributed by atoms with van der Waals surface area (Å²) in [7, 11) is 4.17. The summed E-state index contributed by atoms with van der Waals surface area (Å²) in [6, 6.07) is 16.0. The zero-order valence-corrected chi connectivity index (χ0v) is 23.1. The number of aromatic nitrogens is 1. The first-order valence-electron chi connectivity index (χ1n) is 12.4. The van der Waals surface area contributed by atoms with Gasteiger partial charge >= 0.3 is 0 Å². The van der Waals surface area contributed by atoms with E-state index in [2.05, 4.69) is 61.0 Å². The maximum Gasteiger partial charge on any atom is 0.138 e. The lowest BCUT2D eigenvalue weighted by atomic mass is 9.99. The van der Waals surface area contributed by atoms with Crippen LogP contribution in [0.4, 0.5) is 5.69 Å². The smallest absolute Gasteiger partial charge is 0.138 e. The van der Waals surface area contributed by atoms with Gasteiger partial charge in [-0.05, 0) is 106 Å². The van der Waals surface area contributed by atoms with Crippen LogP contribution in [0, 0.1) is 25.2 Å². The standard InChI is InChI=1S/C31H35ClN4O/c1-7-24(19-33)31(27-17-25(11-9-15-36(5)6)22(3)16-23(27)4)35-26-12-13-30(28(32)18-26)37-20-29-21(2)10-8-14-34-29/h7-8,10,12-14,16-18,35H,4,9,11,15,20H2,1-3,5-6H3/b24-7?,31-27+. The lowest BCUT2D eigenvalue weighted by Crippen LogP contribution is -2.30. The Hall–Kier alpha value is -3.59. The minimum Gasteiger partial charge on any atom is -0.486 e. The van der Waals surface area contributed by atoms with Crippen LogP contribution in [0.25, 0.3) is 12.3 Å². The van der Waals surface area contributed by atoms with Gasteiger partial charge in [-0.3, -0.25) is 4.98 Å². The van der Waals surface area contributed by atoms with Crippen molar-refractivity contribution in [3.05, 3.63) is 98.2 Å². The van der Waals surface area contributed by atoms with Crippen molar-refractivity contribution in [2.24, 2.45) is 0 Å². The number of aryl methyl sites for hydroxylation is 3. The molecule has 0 unspecified atom stereocenters. The van der Waals surface area contributed by atoms with E-state index in [0.717, 1.165) is 46.8 Å². The average Bonchev–Trinajstić information content (AvgIpc) is 2.86. The van der Waals surface area contributed by atoms with Crippen molar-refractivity contribution in [3.8, 4) is 11.8 Å². The molecule has 2 aromatic carbocycles. The molecule has 0 saturated heterocycles. The highest BCUT2D eigenvalue weighted by atomic mass is 35.5. The van der Waals surface area contributed by atoms with Gasteiger partial charge in [-0.25, -0.2) is 0 Å². The normalized spacial score (nSPS) is 12.3. The molecule has 0 radical (unpaired) electrons. The second kappa shape index (κ2) is 13.1. The van der Waals surface area contributed by atoms with Gasteiger partial charge in [0.2, 0.25) is 0 Å². The molecule has 0 atom stereocenters. The Balaban J connectivity index is 1.95. The SMILES string of the molecule is C=c1cc(C)c(CCCN(C)C)c/c1=C(\Nc1ccc(OCc2ncccc2C)c(Cl)c1)C(C#N)=CC. The Labute approximate surface area is 225 Å². The summed E-state index contributed by atoms with van der Waals surface area (Å²) < 4.78 is 5.93. The van der Waals surface area contributed by atoms with E-state index in [9.17, 15) is 5.26 Å². The van der Waals surface area contributed by atoms with Crippen LogP contribution in [0.5, 0.6) is 5.75 Å². The number of pyridine rings is 1. The Morgan fingerprint density at radius 2 is 1.97 bits per heavy atom. The lowest BCUT2D eigenvalue weighted by molar-refractivity contribution is 0.300. The predicted octanol–water partition coefficient (Wildman–Crippen LogP) is 5.53. The molecule has 0 fully saturated rings. The van der Waals surface area contributed by atoms with Crippen molar-refractivity contribution in [2.45, 2.75) is 40.2 Å². The van der Waals surface area contributed by atoms with E-state index in [4.69, 9.17) is 16.3 Å². The van der Waals surface area contributed by atoms with E-state index >= 15 is 0 Å². The molecule has 1 heterocycles. The molecule has 0 amide bonds. The number of nitrogens with one attached hydrogen (secondary N) is 1. The van der Waals surface area contributed by atoms with Crippen molar-refractivity contribution in [2.75, 3.05) is 26.0 Å². The summed E-state index contributed by atoms with van der Waals surface area (Å²) in [5.74, 6) is 0.571. The zero-order chi connectivity index (χ0) is 26.9. The highest BCUT2D eigenvalue weighted by molar-refractivity contribution is 6.32. The van der Waals surface area contributed by atoms with Gasteiger partial charge < -0.3 is 15.0 Å². The summed E-state index contributed by atoms with van der Waals surface area (Å²) in [6.45, 7) is 11.6. The van der Waals surface area contributed by atoms with Crippen molar-refractivity contribution in [3.63, 3.8) is 0 Å². The molecule has 0 bridgehead atoms. The van der Waals surface area contributed by atoms with Gasteiger partial charge in [0, 0.05) is 17.1 Å². The molecule has 5 nitrogen and oxygen atoms in total. The number of halogens is 1. The number of anilines is 1. The predicted molar refractivity (Wildman–Crippen MR) is 154 cm³/mol. The van der Waals surface area contributed by atoms with Gasteiger partial charge in [-0.1, -0.05) is 36.4 Å². The van der Waals surface area contributed by atoms with Crippen LogP contribution in [-0.4, -0.2) is 30.5 Å². The van der Waals surface area contributed by atoms with Crippen LogP contribution < -0.4 is 20.5 Å². The van der Waals surface area contributed by atoms with Crippen molar-refractivity contribution < 1.29 is 4.74 Å². The van der Waals surface area contributed by atoms with E-state index in [1.54, 1.807) is 6.20 Å². The maximum atomic E-state index is 9.90. The van der Waals surface area contributed by atoms with E-state index < -0.39 is 0 Å². The molecule has 0 aliphatic carbocycles. The summed E-state index contributed by atoms with van der Waals surface area (Å²) >= 11 is 6.58. The molecule has 3 aromatic rings. The van der Waals surface area contributed by atoms with Crippen molar-refractivity contribution in [1.29, 1.82) is 5.26 Å². The number of rotatable bonds is 10. The molecule has 0 aliphatic heterocycles. The lowest BCUT2D eigenvalue weighted by Gasteiger charge is -2.15. The summed E-state index contributed by atoms with van der Waals surface area (Å²) in [4.78, 5) is 6.56. The number of nitrogens with zero attached hydrogens (tertiary/aromatic N) is 3. The second-order valence-electron chi connectivity index (χ2n) is 9.36. The number of nitriles is 1. The van der Waals surface area contributed by atoms with Crippen LogP contribution in [-0.2, 0) is 13.0 Å². The third-order valence-corrected chi connectivity index (χ3v) is 6.54. The van der Waals surface area contributed by atoms with E-state index in [1.165, 1.54) is 11.1 Å². The Kier molecular flexibility index (Phi) is 9.91. The van der Waals surface area contributed by atoms with Crippen LogP contribution in [0.3, 0.4) is 0 Å². The summed E-state index contributed by atoms with van der Waals surface area (Å²) in [5.41, 5.74) is 6.39. The Morgan fingerprint density at radius 3 is 2.62 bits per heavy atom. The molecular formula is C31H35ClN4O. The first-order valence-corrected chi connectivity index (χ1v) is 12.8. The molecule has 1 aromatic heterocycles. The van der Waals surface area contributed by atoms with Crippen LogP contribution in [0.15, 0.2) is 60.3 Å². The highest BCUT2D eigenvalue weighted by Crippen LogP contribution is 2.29. The Morgan fingerprint density at radius 1 is 1.19 bits per heavy atom. The van der Waals surface area contributed by atoms with Gasteiger partial charge in [0.05, 0.1) is 22.0 Å². The highest BCUT2D eigenvalue weighted by Gasteiger charge is 2.11. The van der Waals surface area contributed by atoms with Gasteiger partial charge in [0.15, 0.2) is 0 Å². The third-order valence-electron chi connectivity index (χ3n) is 6.24. The Bertz CT molecular complexity index is 1440. The molecule has 0 saturated carbocycles. The van der Waals surface area contributed by atoms with E-state index in [1.807, 2.05) is 50.3 Å².